The molecule has 1 heterocycles. The molecule has 5 heteroatoms. The normalized spacial score (nSPS) is 31.2. The fourth-order valence-corrected chi connectivity index (χ4v) is 3.72. The molecule has 3 rings (SSSR count). The maximum absolute atomic E-state index is 13.2. The molecule has 2 aliphatic rings. The van der Waals surface area contributed by atoms with Crippen LogP contribution in [0.25, 0.3) is 0 Å². The Morgan fingerprint density at radius 2 is 1.77 bits per heavy atom. The molecule has 0 spiro atoms. The summed E-state index contributed by atoms with van der Waals surface area (Å²) in [5.74, 6) is -0.276. The number of cyclic esters (lactones) is 1. The van der Waals surface area contributed by atoms with Crippen molar-refractivity contribution in [3.05, 3.63) is 35.6 Å². The van der Waals surface area contributed by atoms with Gasteiger partial charge in [-0.3, -0.25) is 4.90 Å². The molecule has 1 aromatic rings. The Labute approximate surface area is 130 Å². The van der Waals surface area contributed by atoms with Crippen LogP contribution in [-0.2, 0) is 4.74 Å². The first-order chi connectivity index (χ1) is 10.4. The molecule has 1 unspecified atom stereocenters. The van der Waals surface area contributed by atoms with Gasteiger partial charge in [0.05, 0.1) is 6.04 Å². The molecule has 22 heavy (non-hydrogen) atoms. The van der Waals surface area contributed by atoms with E-state index in [-0.39, 0.29) is 30.0 Å². The maximum atomic E-state index is 13.2. The van der Waals surface area contributed by atoms with Gasteiger partial charge >= 0.3 is 6.09 Å². The van der Waals surface area contributed by atoms with Crippen LogP contribution in [-0.4, -0.2) is 28.7 Å². The summed E-state index contributed by atoms with van der Waals surface area (Å²) >= 11 is 0. The van der Waals surface area contributed by atoms with E-state index in [1.54, 1.807) is 12.1 Å². The summed E-state index contributed by atoms with van der Waals surface area (Å²) in [6, 6.07) is 6.53. The SMILES string of the molecule is CC1(C)OC(=O)N(C2CCC(N)CC2)C1c1ccc(F)cc1. The van der Waals surface area contributed by atoms with Gasteiger partial charge in [-0.2, -0.15) is 0 Å². The van der Waals surface area contributed by atoms with Crippen LogP contribution in [0.1, 0.15) is 51.1 Å². The summed E-state index contributed by atoms with van der Waals surface area (Å²) in [4.78, 5) is 14.3. The van der Waals surface area contributed by atoms with E-state index >= 15 is 0 Å². The van der Waals surface area contributed by atoms with Crippen molar-refractivity contribution < 1.29 is 13.9 Å². The fraction of sp³-hybridized carbons (Fsp3) is 0.588. The van der Waals surface area contributed by atoms with Crippen molar-refractivity contribution >= 4 is 6.09 Å². The van der Waals surface area contributed by atoms with E-state index in [4.69, 9.17) is 10.5 Å². The number of rotatable bonds is 2. The van der Waals surface area contributed by atoms with E-state index in [0.717, 1.165) is 31.2 Å². The predicted molar refractivity (Wildman–Crippen MR) is 81.8 cm³/mol. The third-order valence-electron chi connectivity index (χ3n) is 4.82. The summed E-state index contributed by atoms with van der Waals surface area (Å²) < 4.78 is 18.8. The summed E-state index contributed by atoms with van der Waals surface area (Å²) in [6.07, 6.45) is 3.35. The first-order valence-corrected chi connectivity index (χ1v) is 7.91. The molecule has 0 aromatic heterocycles. The van der Waals surface area contributed by atoms with E-state index in [1.807, 2.05) is 18.7 Å². The van der Waals surface area contributed by atoms with Crippen LogP contribution in [0.3, 0.4) is 0 Å². The van der Waals surface area contributed by atoms with Crippen molar-refractivity contribution in [3.8, 4) is 0 Å². The Kier molecular flexibility index (Phi) is 3.85. The Hall–Kier alpha value is -1.62. The number of nitrogens with zero attached hydrogens (tertiary/aromatic N) is 1. The van der Waals surface area contributed by atoms with E-state index in [0.29, 0.717) is 0 Å². The number of benzene rings is 1. The van der Waals surface area contributed by atoms with Gasteiger partial charge in [-0.05, 0) is 57.2 Å². The highest BCUT2D eigenvalue weighted by molar-refractivity contribution is 5.72. The summed E-state index contributed by atoms with van der Waals surface area (Å²) in [5, 5.41) is 0. The zero-order chi connectivity index (χ0) is 15.9. The van der Waals surface area contributed by atoms with E-state index < -0.39 is 5.60 Å². The standard InChI is InChI=1S/C17H23FN2O2/c1-17(2)15(11-3-5-12(18)6-4-11)20(16(21)22-17)14-9-7-13(19)8-10-14/h3-6,13-15H,7-10,19H2,1-2H3. The second-order valence-electron chi connectivity index (χ2n) is 6.90. The molecular weight excluding hydrogens is 283 g/mol. The van der Waals surface area contributed by atoms with Gasteiger partial charge in [-0.15, -0.1) is 0 Å². The van der Waals surface area contributed by atoms with Crippen molar-refractivity contribution in [2.24, 2.45) is 5.73 Å². The van der Waals surface area contributed by atoms with Crippen LogP contribution in [0.2, 0.25) is 0 Å². The van der Waals surface area contributed by atoms with E-state index in [9.17, 15) is 9.18 Å². The molecule has 1 atom stereocenters. The summed E-state index contributed by atoms with van der Waals surface area (Å²) in [7, 11) is 0. The fourth-order valence-electron chi connectivity index (χ4n) is 3.72. The molecule has 1 aromatic carbocycles. The second-order valence-corrected chi connectivity index (χ2v) is 6.90. The number of halogens is 1. The quantitative estimate of drug-likeness (QED) is 0.911. The minimum Gasteiger partial charge on any atom is -0.441 e. The van der Waals surface area contributed by atoms with Crippen molar-refractivity contribution in [1.29, 1.82) is 0 Å². The van der Waals surface area contributed by atoms with Crippen molar-refractivity contribution in [1.82, 2.24) is 4.90 Å². The second kappa shape index (κ2) is 5.54. The lowest BCUT2D eigenvalue weighted by Gasteiger charge is -2.37. The molecular formula is C17H23FN2O2. The molecule has 1 aliphatic carbocycles. The number of carbonyl (C=O) groups excluding carboxylic acids is 1. The van der Waals surface area contributed by atoms with Crippen LogP contribution in [0.4, 0.5) is 9.18 Å². The molecule has 1 saturated heterocycles. The lowest BCUT2D eigenvalue weighted by atomic mass is 9.86. The Balaban J connectivity index is 1.92. The number of carbonyl (C=O) groups is 1. The summed E-state index contributed by atoms with van der Waals surface area (Å²) in [5.41, 5.74) is 6.25. The molecule has 1 amide bonds. The first kappa shape index (κ1) is 15.3. The highest BCUT2D eigenvalue weighted by Crippen LogP contribution is 2.44. The average Bonchev–Trinajstić information content (AvgIpc) is 2.70. The monoisotopic (exact) mass is 306 g/mol. The Morgan fingerprint density at radius 3 is 2.36 bits per heavy atom. The van der Waals surface area contributed by atoms with Gasteiger partial charge in [0.1, 0.15) is 11.4 Å². The molecule has 4 nitrogen and oxygen atoms in total. The van der Waals surface area contributed by atoms with Crippen molar-refractivity contribution in [3.63, 3.8) is 0 Å². The lowest BCUT2D eigenvalue weighted by Crippen LogP contribution is -2.44. The van der Waals surface area contributed by atoms with Crippen molar-refractivity contribution in [2.45, 2.75) is 63.3 Å². The number of amides is 1. The molecule has 1 aliphatic heterocycles. The minimum atomic E-state index is -0.630. The highest BCUT2D eigenvalue weighted by Gasteiger charge is 2.51. The minimum absolute atomic E-state index is 0.143. The van der Waals surface area contributed by atoms with Crippen LogP contribution < -0.4 is 5.73 Å². The molecule has 2 fully saturated rings. The van der Waals surface area contributed by atoms with Crippen LogP contribution in [0, 0.1) is 5.82 Å². The average molecular weight is 306 g/mol. The van der Waals surface area contributed by atoms with Gasteiger partial charge < -0.3 is 10.5 Å². The molecule has 120 valence electrons. The van der Waals surface area contributed by atoms with E-state index in [2.05, 4.69) is 0 Å². The largest absolute Gasteiger partial charge is 0.441 e. The van der Waals surface area contributed by atoms with Crippen LogP contribution in [0.15, 0.2) is 24.3 Å². The van der Waals surface area contributed by atoms with E-state index in [1.165, 1.54) is 12.1 Å². The third kappa shape index (κ3) is 2.70. The maximum Gasteiger partial charge on any atom is 0.411 e. The third-order valence-corrected chi connectivity index (χ3v) is 4.82. The molecule has 0 bridgehead atoms. The molecule has 1 saturated carbocycles. The Bertz CT molecular complexity index is 550. The number of hydrogen-bond donors (Lipinski definition) is 1. The van der Waals surface area contributed by atoms with Gasteiger partial charge in [0.15, 0.2) is 0 Å². The van der Waals surface area contributed by atoms with Crippen LogP contribution >= 0.6 is 0 Å². The first-order valence-electron chi connectivity index (χ1n) is 7.91. The molecule has 0 radical (unpaired) electrons. The Morgan fingerprint density at radius 1 is 1.18 bits per heavy atom. The summed E-state index contributed by atoms with van der Waals surface area (Å²) in [6.45, 7) is 3.82. The topological polar surface area (TPSA) is 55.6 Å². The number of nitrogens with two attached hydrogens (primary N) is 1. The van der Waals surface area contributed by atoms with Gasteiger partial charge in [0.2, 0.25) is 0 Å². The predicted octanol–water partition coefficient (Wildman–Crippen LogP) is 3.37. The smallest absolute Gasteiger partial charge is 0.411 e. The highest BCUT2D eigenvalue weighted by atomic mass is 19.1. The van der Waals surface area contributed by atoms with Gasteiger partial charge in [0, 0.05) is 12.1 Å². The zero-order valence-electron chi connectivity index (χ0n) is 13.1. The lowest BCUT2D eigenvalue weighted by molar-refractivity contribution is 0.0664. The zero-order valence-corrected chi connectivity index (χ0v) is 13.1. The number of hydrogen-bond acceptors (Lipinski definition) is 3. The van der Waals surface area contributed by atoms with Gasteiger partial charge in [0.25, 0.3) is 0 Å². The number of ether oxygens (including phenoxy) is 1. The van der Waals surface area contributed by atoms with Crippen LogP contribution in [0.5, 0.6) is 0 Å². The molecule has 2 N–H and O–H groups in total. The van der Waals surface area contributed by atoms with Crippen molar-refractivity contribution in [2.75, 3.05) is 0 Å². The van der Waals surface area contributed by atoms with Gasteiger partial charge in [-0.1, -0.05) is 12.1 Å². The van der Waals surface area contributed by atoms with Gasteiger partial charge in [-0.25, -0.2) is 9.18 Å².